The minimum absolute atomic E-state index is 0. The quantitative estimate of drug-likeness (QED) is 0.793. The van der Waals surface area contributed by atoms with Gasteiger partial charge in [-0.15, -0.1) is 12.4 Å². The van der Waals surface area contributed by atoms with E-state index in [0.717, 1.165) is 36.3 Å². The monoisotopic (exact) mass is 430 g/mol. The lowest BCUT2D eigenvalue weighted by Gasteiger charge is -2.38. The van der Waals surface area contributed by atoms with Gasteiger partial charge in [0.1, 0.15) is 24.2 Å². The molecule has 0 spiro atoms. The Morgan fingerprint density at radius 3 is 2.77 bits per heavy atom. The summed E-state index contributed by atoms with van der Waals surface area (Å²) in [6, 6.07) is 10.5. The van der Waals surface area contributed by atoms with Crippen molar-refractivity contribution in [2.24, 2.45) is 5.10 Å². The molecule has 0 bridgehead atoms. The highest BCUT2D eigenvalue weighted by atomic mass is 35.5. The van der Waals surface area contributed by atoms with Crippen LogP contribution in [0.15, 0.2) is 41.5 Å². The molecule has 0 aromatic heterocycles. The summed E-state index contributed by atoms with van der Waals surface area (Å²) in [4.78, 5) is 16.4. The Bertz CT molecular complexity index is 1030. The molecule has 2 atom stereocenters. The van der Waals surface area contributed by atoms with E-state index in [4.69, 9.17) is 4.74 Å². The fraction of sp³-hybridized carbons (Fsp3) is 0.364. The first-order chi connectivity index (χ1) is 14.0. The van der Waals surface area contributed by atoms with E-state index < -0.39 is 0 Å². The average Bonchev–Trinajstić information content (AvgIpc) is 3.16. The summed E-state index contributed by atoms with van der Waals surface area (Å²) < 4.78 is 20.7. The zero-order valence-corrected chi connectivity index (χ0v) is 17.7. The van der Waals surface area contributed by atoms with Crippen LogP contribution in [0.3, 0.4) is 0 Å². The number of carbonyl (C=O) groups excluding carboxylic acids is 1. The highest BCUT2D eigenvalue weighted by Gasteiger charge is 2.37. The number of hydrogen-bond donors (Lipinski definition) is 1. The zero-order chi connectivity index (χ0) is 20.1. The number of nitrogens with zero attached hydrogens (tertiary/aromatic N) is 3. The van der Waals surface area contributed by atoms with Gasteiger partial charge in [0.15, 0.2) is 5.84 Å². The molecule has 3 aliphatic heterocycles. The summed E-state index contributed by atoms with van der Waals surface area (Å²) in [6.07, 6.45) is 1.01. The van der Waals surface area contributed by atoms with E-state index in [2.05, 4.69) is 28.5 Å². The fourth-order valence-electron chi connectivity index (χ4n) is 4.53. The molecule has 30 heavy (non-hydrogen) atoms. The third kappa shape index (κ3) is 3.32. The second kappa shape index (κ2) is 7.89. The molecule has 0 radical (unpaired) electrons. The molecule has 8 heteroatoms. The smallest absolute Gasteiger partial charge is 0.262 e. The molecule has 1 fully saturated rings. The van der Waals surface area contributed by atoms with E-state index in [1.54, 1.807) is 6.07 Å². The Kier molecular flexibility index (Phi) is 5.42. The van der Waals surface area contributed by atoms with Crippen LogP contribution in [0.5, 0.6) is 5.75 Å². The number of fused-ring (bicyclic) bond motifs is 3. The molecule has 1 amide bonds. The van der Waals surface area contributed by atoms with Gasteiger partial charge in [-0.3, -0.25) is 4.79 Å². The molecular weight excluding hydrogens is 407 g/mol. The average molecular weight is 431 g/mol. The largest absolute Gasteiger partial charge is 0.483 e. The number of benzene rings is 2. The van der Waals surface area contributed by atoms with E-state index >= 15 is 0 Å². The van der Waals surface area contributed by atoms with Crippen LogP contribution < -0.4 is 15.1 Å². The molecule has 0 aliphatic carbocycles. The van der Waals surface area contributed by atoms with Gasteiger partial charge in [-0.05, 0) is 62.2 Å². The Hall–Kier alpha value is -2.64. The van der Waals surface area contributed by atoms with E-state index in [1.807, 2.05) is 30.0 Å². The highest BCUT2D eigenvalue weighted by Crippen LogP contribution is 2.44. The number of ether oxygens (including phenoxy) is 1. The van der Waals surface area contributed by atoms with Crippen molar-refractivity contribution in [2.45, 2.75) is 25.3 Å². The molecule has 1 saturated heterocycles. The van der Waals surface area contributed by atoms with Crippen LogP contribution in [0, 0.1) is 5.82 Å². The van der Waals surface area contributed by atoms with Gasteiger partial charge in [0.05, 0.1) is 5.69 Å². The SMILES string of the molecule is C[C@@H]1C(=O)NN=C2COc3cc(-c4ccccc4F)c([C@@H]4CCN(C)C4)cc3N21.Cl. The number of amidine groups is 1. The maximum absolute atomic E-state index is 14.7. The Labute approximate surface area is 181 Å². The molecular formula is C22H24ClFN4O2. The van der Waals surface area contributed by atoms with Crippen LogP contribution in [0.25, 0.3) is 11.1 Å². The van der Waals surface area contributed by atoms with Crippen molar-refractivity contribution in [1.29, 1.82) is 0 Å². The van der Waals surface area contributed by atoms with Gasteiger partial charge in [-0.2, -0.15) is 5.10 Å². The van der Waals surface area contributed by atoms with Crippen molar-refractivity contribution in [1.82, 2.24) is 10.3 Å². The third-order valence-electron chi connectivity index (χ3n) is 6.08. The van der Waals surface area contributed by atoms with Crippen LogP contribution in [-0.4, -0.2) is 49.4 Å². The van der Waals surface area contributed by atoms with Crippen LogP contribution in [0.4, 0.5) is 10.1 Å². The van der Waals surface area contributed by atoms with Crippen molar-refractivity contribution in [3.8, 4) is 16.9 Å². The number of halogens is 2. The first-order valence-electron chi connectivity index (χ1n) is 9.93. The third-order valence-corrected chi connectivity index (χ3v) is 6.08. The number of amides is 1. The van der Waals surface area contributed by atoms with Gasteiger partial charge in [0, 0.05) is 12.1 Å². The first-order valence-corrected chi connectivity index (χ1v) is 9.93. The van der Waals surface area contributed by atoms with Gasteiger partial charge in [0.2, 0.25) is 0 Å². The minimum Gasteiger partial charge on any atom is -0.483 e. The number of hydrazone groups is 1. The number of nitrogens with one attached hydrogen (secondary N) is 1. The van der Waals surface area contributed by atoms with Crippen LogP contribution >= 0.6 is 12.4 Å². The van der Waals surface area contributed by atoms with Crippen LogP contribution in [0.1, 0.15) is 24.8 Å². The maximum Gasteiger partial charge on any atom is 0.262 e. The number of hydrogen-bond acceptors (Lipinski definition) is 5. The Morgan fingerprint density at radius 2 is 2.03 bits per heavy atom. The highest BCUT2D eigenvalue weighted by molar-refractivity contribution is 6.09. The summed E-state index contributed by atoms with van der Waals surface area (Å²) in [7, 11) is 2.10. The van der Waals surface area contributed by atoms with Crippen molar-refractivity contribution >= 4 is 29.8 Å². The zero-order valence-electron chi connectivity index (χ0n) is 16.9. The fourth-order valence-corrected chi connectivity index (χ4v) is 4.53. The molecule has 2 aromatic carbocycles. The topological polar surface area (TPSA) is 57.2 Å². The number of carbonyl (C=O) groups is 1. The normalized spacial score (nSPS) is 23.0. The molecule has 3 aliphatic rings. The van der Waals surface area contributed by atoms with E-state index in [9.17, 15) is 9.18 Å². The predicted molar refractivity (Wildman–Crippen MR) is 117 cm³/mol. The van der Waals surface area contributed by atoms with Crippen LogP contribution in [-0.2, 0) is 4.79 Å². The van der Waals surface area contributed by atoms with Gasteiger partial charge in [-0.1, -0.05) is 18.2 Å². The number of likely N-dealkylation sites (N-methyl/N-ethyl adjacent to an activating group) is 1. The summed E-state index contributed by atoms with van der Waals surface area (Å²) in [6.45, 7) is 4.04. The molecule has 3 heterocycles. The molecule has 0 unspecified atom stereocenters. The standard InChI is InChI=1S/C22H23FN4O2.ClH/c1-13-22(28)25-24-21-12-29-20-10-17(15-5-3-4-6-18(15)23)16(9-19(20)27(13)21)14-7-8-26(2)11-14;/h3-6,9-10,13-14H,7-8,11-12H2,1-2H3,(H,25,28);1H/t13-,14-;/m1./s1. The van der Waals surface area contributed by atoms with Gasteiger partial charge in [0.25, 0.3) is 5.91 Å². The van der Waals surface area contributed by atoms with Crippen molar-refractivity contribution in [3.05, 3.63) is 47.8 Å². The summed E-state index contributed by atoms with van der Waals surface area (Å²) in [5.74, 6) is 1.22. The van der Waals surface area contributed by atoms with Crippen molar-refractivity contribution in [3.63, 3.8) is 0 Å². The predicted octanol–water partition coefficient (Wildman–Crippen LogP) is 3.36. The summed E-state index contributed by atoms with van der Waals surface area (Å²) >= 11 is 0. The molecule has 0 saturated carbocycles. The molecule has 2 aromatic rings. The summed E-state index contributed by atoms with van der Waals surface area (Å²) in [5.41, 5.74) is 5.89. The van der Waals surface area contributed by atoms with Crippen molar-refractivity contribution < 1.29 is 13.9 Å². The van der Waals surface area contributed by atoms with E-state index in [-0.39, 0.29) is 42.7 Å². The van der Waals surface area contributed by atoms with Crippen LogP contribution in [0.2, 0.25) is 0 Å². The number of likely N-dealkylation sites (tertiary alicyclic amines) is 1. The first kappa shape index (κ1) is 20.6. The van der Waals surface area contributed by atoms with Gasteiger partial charge >= 0.3 is 0 Å². The minimum atomic E-state index is -0.386. The lowest BCUT2D eigenvalue weighted by molar-refractivity contribution is -0.122. The Morgan fingerprint density at radius 1 is 1.23 bits per heavy atom. The molecule has 1 N–H and O–H groups in total. The van der Waals surface area contributed by atoms with Crippen molar-refractivity contribution in [2.75, 3.05) is 31.6 Å². The Balaban J connectivity index is 0.00000218. The van der Waals surface area contributed by atoms with Gasteiger partial charge in [-0.25, -0.2) is 9.82 Å². The molecule has 6 nitrogen and oxygen atoms in total. The van der Waals surface area contributed by atoms with Gasteiger partial charge < -0.3 is 14.5 Å². The lowest BCUT2D eigenvalue weighted by Crippen LogP contribution is -2.55. The van der Waals surface area contributed by atoms with E-state index in [0.29, 0.717) is 17.1 Å². The number of anilines is 1. The second-order valence-electron chi connectivity index (χ2n) is 7.97. The lowest BCUT2D eigenvalue weighted by atomic mass is 9.88. The molecule has 158 valence electrons. The maximum atomic E-state index is 14.7. The summed E-state index contributed by atoms with van der Waals surface area (Å²) in [5, 5.41) is 4.17. The second-order valence-corrected chi connectivity index (χ2v) is 7.97. The van der Waals surface area contributed by atoms with E-state index in [1.165, 1.54) is 6.07 Å². The number of rotatable bonds is 2. The molecule has 5 rings (SSSR count).